The number of ether oxygens (including phenoxy) is 1. The molecule has 10 nitrogen and oxygen atoms in total. The van der Waals surface area contributed by atoms with Crippen LogP contribution in [0.15, 0.2) is 42.7 Å². The number of anilines is 2. The third kappa shape index (κ3) is 6.15. The Morgan fingerprint density at radius 3 is 2.73 bits per heavy atom. The van der Waals surface area contributed by atoms with E-state index >= 15 is 0 Å². The minimum atomic E-state index is -1.06. The molecule has 0 saturated heterocycles. The minimum Gasteiger partial charge on any atom is -0.477 e. The lowest BCUT2D eigenvalue weighted by Gasteiger charge is -2.20. The fourth-order valence-corrected chi connectivity index (χ4v) is 4.06. The van der Waals surface area contributed by atoms with Crippen LogP contribution in [0.2, 0.25) is 5.15 Å². The van der Waals surface area contributed by atoms with E-state index in [0.29, 0.717) is 47.1 Å². The average Bonchev–Trinajstić information content (AvgIpc) is 3.11. The molecular weight excluding hydrogens is 492 g/mol. The van der Waals surface area contributed by atoms with Crippen LogP contribution >= 0.6 is 11.6 Å². The average molecular weight is 523 g/mol. The maximum atomic E-state index is 10.4. The number of hydrogen-bond acceptors (Lipinski definition) is 9. The molecule has 0 unspecified atom stereocenters. The van der Waals surface area contributed by atoms with E-state index in [2.05, 4.69) is 37.3 Å². The number of nitrogens with one attached hydrogen (secondary N) is 1. The molecule has 0 aliphatic heterocycles. The molecule has 0 radical (unpaired) electrons. The van der Waals surface area contributed by atoms with E-state index in [1.165, 1.54) is 0 Å². The predicted molar refractivity (Wildman–Crippen MR) is 144 cm³/mol. The fourth-order valence-electron chi connectivity index (χ4n) is 3.90. The summed E-state index contributed by atoms with van der Waals surface area (Å²) in [6, 6.07) is 8.97. The number of pyridine rings is 2. The number of halogens is 1. The number of aliphatic hydroxyl groups is 1. The molecule has 4 rings (SSSR count). The first-order chi connectivity index (χ1) is 17.5. The number of nitrogen functional groups attached to an aromatic ring is 1. The number of aromatic nitrogens is 6. The molecule has 0 aliphatic carbocycles. The zero-order valence-electron chi connectivity index (χ0n) is 21.5. The largest absolute Gasteiger partial charge is 0.477 e. The maximum Gasteiger partial charge on any atom is 0.223 e. The molecule has 4 heterocycles. The number of nitrogens with zero attached hydrogens (tertiary/aromatic N) is 6. The molecular formula is C26H31ClN8O2. The number of rotatable bonds is 9. The second kappa shape index (κ2) is 10.7. The smallest absolute Gasteiger partial charge is 0.223 e. The first kappa shape index (κ1) is 26.3. The Morgan fingerprint density at radius 1 is 1.22 bits per heavy atom. The van der Waals surface area contributed by atoms with Gasteiger partial charge in [0.25, 0.3) is 0 Å². The van der Waals surface area contributed by atoms with Crippen LogP contribution in [0.5, 0.6) is 5.88 Å². The van der Waals surface area contributed by atoms with Gasteiger partial charge in [-0.1, -0.05) is 17.7 Å². The van der Waals surface area contributed by atoms with Gasteiger partial charge in [0.2, 0.25) is 5.88 Å². The summed E-state index contributed by atoms with van der Waals surface area (Å²) < 4.78 is 7.82. The van der Waals surface area contributed by atoms with Crippen molar-refractivity contribution >= 4 is 23.1 Å². The van der Waals surface area contributed by atoms with Gasteiger partial charge in [-0.3, -0.25) is 0 Å². The van der Waals surface area contributed by atoms with Crippen LogP contribution in [-0.4, -0.2) is 47.5 Å². The molecule has 0 aromatic carbocycles. The van der Waals surface area contributed by atoms with E-state index in [1.54, 1.807) is 49.1 Å². The van der Waals surface area contributed by atoms with Gasteiger partial charge in [-0.15, -0.1) is 0 Å². The normalized spacial score (nSPS) is 12.4. The van der Waals surface area contributed by atoms with Crippen LogP contribution in [0, 0.1) is 6.92 Å². The molecule has 11 heteroatoms. The summed E-state index contributed by atoms with van der Waals surface area (Å²) in [6.07, 6.45) is 3.97. The molecule has 37 heavy (non-hydrogen) atoms. The zero-order valence-corrected chi connectivity index (χ0v) is 22.3. The Labute approximate surface area is 220 Å². The molecule has 0 amide bonds. The first-order valence-electron chi connectivity index (χ1n) is 11.9. The van der Waals surface area contributed by atoms with E-state index in [-0.39, 0.29) is 6.04 Å². The van der Waals surface area contributed by atoms with Crippen molar-refractivity contribution in [3.8, 4) is 28.5 Å². The lowest BCUT2D eigenvalue weighted by molar-refractivity contribution is 0.0740. The van der Waals surface area contributed by atoms with E-state index in [4.69, 9.17) is 22.1 Å². The van der Waals surface area contributed by atoms with Crippen molar-refractivity contribution < 1.29 is 9.84 Å². The van der Waals surface area contributed by atoms with Crippen molar-refractivity contribution in [1.29, 1.82) is 0 Å². The molecule has 4 aromatic heterocycles. The molecule has 0 bridgehead atoms. The van der Waals surface area contributed by atoms with Gasteiger partial charge in [0, 0.05) is 43.2 Å². The molecule has 0 saturated carbocycles. The summed E-state index contributed by atoms with van der Waals surface area (Å²) in [6.45, 7) is 7.76. The molecule has 0 fully saturated rings. The second-order valence-electron chi connectivity index (χ2n) is 9.40. The highest BCUT2D eigenvalue weighted by Crippen LogP contribution is 2.32. The summed E-state index contributed by atoms with van der Waals surface area (Å²) in [7, 11) is 1.82. The predicted octanol–water partition coefficient (Wildman–Crippen LogP) is 4.38. The Bertz CT molecular complexity index is 1400. The van der Waals surface area contributed by atoms with E-state index in [9.17, 15) is 5.11 Å². The Morgan fingerprint density at radius 2 is 2.00 bits per heavy atom. The number of aryl methyl sites for hydroxylation is 2. The van der Waals surface area contributed by atoms with Gasteiger partial charge in [-0.25, -0.2) is 24.6 Å². The molecule has 4 N–H and O–H groups in total. The van der Waals surface area contributed by atoms with Gasteiger partial charge < -0.3 is 20.9 Å². The van der Waals surface area contributed by atoms with Crippen molar-refractivity contribution in [2.45, 2.75) is 45.8 Å². The van der Waals surface area contributed by atoms with Crippen LogP contribution in [0.3, 0.4) is 0 Å². The summed E-state index contributed by atoms with van der Waals surface area (Å²) in [5.41, 5.74) is 9.09. The van der Waals surface area contributed by atoms with Crippen LogP contribution in [0.4, 0.5) is 11.5 Å². The number of hydrogen-bond donors (Lipinski definition) is 3. The Kier molecular flexibility index (Phi) is 7.60. The van der Waals surface area contributed by atoms with Crippen molar-refractivity contribution in [2.24, 2.45) is 7.05 Å². The molecule has 194 valence electrons. The van der Waals surface area contributed by atoms with Crippen molar-refractivity contribution in [3.05, 3.63) is 59.3 Å². The van der Waals surface area contributed by atoms with E-state index in [1.807, 2.05) is 26.1 Å². The summed E-state index contributed by atoms with van der Waals surface area (Å²) in [5, 5.41) is 18.7. The zero-order chi connectivity index (χ0) is 26.7. The number of nitrogens with two attached hydrogens (primary N) is 1. The van der Waals surface area contributed by atoms with Crippen LogP contribution in [0.1, 0.15) is 38.6 Å². The van der Waals surface area contributed by atoms with Gasteiger partial charge in [-0.05, 0) is 52.0 Å². The van der Waals surface area contributed by atoms with Crippen LogP contribution in [-0.2, 0) is 12.6 Å². The molecule has 4 aromatic rings. The highest BCUT2D eigenvalue weighted by Gasteiger charge is 2.21. The van der Waals surface area contributed by atoms with Crippen molar-refractivity contribution in [3.63, 3.8) is 0 Å². The second-order valence-corrected chi connectivity index (χ2v) is 9.78. The van der Waals surface area contributed by atoms with Crippen LogP contribution < -0.4 is 15.8 Å². The highest BCUT2D eigenvalue weighted by atomic mass is 35.5. The minimum absolute atomic E-state index is 0.0241. The lowest BCUT2D eigenvalue weighted by atomic mass is 10.0. The summed E-state index contributed by atoms with van der Waals surface area (Å²) in [4.78, 5) is 17.5. The third-order valence-electron chi connectivity index (χ3n) is 5.78. The molecule has 1 atom stereocenters. The fraction of sp³-hybridized carbons (Fsp3) is 0.346. The van der Waals surface area contributed by atoms with Gasteiger partial charge in [-0.2, -0.15) is 5.10 Å². The third-order valence-corrected chi connectivity index (χ3v) is 5.99. The SMILES string of the molecule is Cc1nn(C)c(OCC[C@H](C)Nc2cc(Cl)ncc2-c2cccc(C(C)(C)O)n2)c1-c1nccc(N)n1. The quantitative estimate of drug-likeness (QED) is 0.273. The summed E-state index contributed by atoms with van der Waals surface area (Å²) >= 11 is 6.22. The summed E-state index contributed by atoms with van der Waals surface area (Å²) in [5.74, 6) is 1.44. The maximum absolute atomic E-state index is 10.4. The molecule has 0 spiro atoms. The lowest BCUT2D eigenvalue weighted by Crippen LogP contribution is -2.20. The Balaban J connectivity index is 1.49. The van der Waals surface area contributed by atoms with Crippen LogP contribution in [0.25, 0.3) is 22.6 Å². The first-order valence-corrected chi connectivity index (χ1v) is 12.3. The van der Waals surface area contributed by atoms with E-state index in [0.717, 1.165) is 22.5 Å². The monoisotopic (exact) mass is 522 g/mol. The van der Waals surface area contributed by atoms with Gasteiger partial charge in [0.05, 0.1) is 23.7 Å². The van der Waals surface area contributed by atoms with Crippen molar-refractivity contribution in [1.82, 2.24) is 29.7 Å². The highest BCUT2D eigenvalue weighted by molar-refractivity contribution is 6.29. The van der Waals surface area contributed by atoms with E-state index < -0.39 is 5.60 Å². The topological polar surface area (TPSA) is 137 Å². The van der Waals surface area contributed by atoms with Gasteiger partial charge in [0.1, 0.15) is 22.1 Å². The Hall–Kier alpha value is -3.76. The standard InChI is InChI=1S/C26H31ClN8O2/c1-15(10-12-37-25-23(16(2)34-35(25)5)24-29-11-9-22(28)33-24)31-19-13-21(27)30-14-17(19)18-7-6-8-20(32-18)26(3,4)36/h6-9,11,13-15,36H,10,12H2,1-5H3,(H,30,31)(H2,28,29,33)/t15-/m0/s1. The van der Waals surface area contributed by atoms with Gasteiger partial charge >= 0.3 is 0 Å². The molecule has 0 aliphatic rings. The van der Waals surface area contributed by atoms with Gasteiger partial charge in [0.15, 0.2) is 5.82 Å². The van der Waals surface area contributed by atoms with Crippen molar-refractivity contribution in [2.75, 3.05) is 17.7 Å².